The Balaban J connectivity index is 2.22. The first kappa shape index (κ1) is 14.6. The lowest BCUT2D eigenvalue weighted by atomic mass is 9.78. The third kappa shape index (κ3) is 2.35. The highest BCUT2D eigenvalue weighted by atomic mass is 35.5. The summed E-state index contributed by atoms with van der Waals surface area (Å²) in [7, 11) is 0. The number of alkyl halides is 1. The van der Waals surface area contributed by atoms with Gasteiger partial charge in [0.05, 0.1) is 13.2 Å². The number of hydrogen-bond donors (Lipinski definition) is 0. The topological polar surface area (TPSA) is 52.6 Å². The van der Waals surface area contributed by atoms with Crippen LogP contribution in [0, 0.1) is 17.3 Å². The molecule has 2 rings (SSSR count). The third-order valence-electron chi connectivity index (χ3n) is 4.40. The van der Waals surface area contributed by atoms with Gasteiger partial charge in [-0.3, -0.25) is 9.59 Å². The summed E-state index contributed by atoms with van der Waals surface area (Å²) in [4.78, 5) is 24.3. The van der Waals surface area contributed by atoms with Gasteiger partial charge in [0.25, 0.3) is 0 Å². The number of carbonyl (C=O) groups is 2. The Morgan fingerprint density at radius 3 is 2.26 bits per heavy atom. The summed E-state index contributed by atoms with van der Waals surface area (Å²) in [6.45, 7) is 4.01. The molecule has 2 aliphatic rings. The van der Waals surface area contributed by atoms with Crippen LogP contribution in [0.15, 0.2) is 0 Å². The molecular weight excluding hydrogens is 268 g/mol. The fourth-order valence-corrected chi connectivity index (χ4v) is 4.21. The minimum Gasteiger partial charge on any atom is -0.465 e. The zero-order valence-electron chi connectivity index (χ0n) is 11.5. The van der Waals surface area contributed by atoms with E-state index in [1.54, 1.807) is 13.8 Å². The first-order valence-electron chi connectivity index (χ1n) is 7.06. The monoisotopic (exact) mass is 288 g/mol. The fraction of sp³-hybridized carbons (Fsp3) is 0.857. The lowest BCUT2D eigenvalue weighted by molar-refractivity contribution is -0.166. The molecule has 0 bridgehead atoms. The van der Waals surface area contributed by atoms with E-state index >= 15 is 0 Å². The van der Waals surface area contributed by atoms with Crippen molar-refractivity contribution in [1.29, 1.82) is 0 Å². The van der Waals surface area contributed by atoms with Crippen LogP contribution in [0.1, 0.15) is 39.5 Å². The van der Waals surface area contributed by atoms with E-state index in [0.29, 0.717) is 0 Å². The molecule has 5 heteroatoms. The van der Waals surface area contributed by atoms with E-state index in [9.17, 15) is 9.59 Å². The number of hydrogen-bond acceptors (Lipinski definition) is 4. The predicted octanol–water partition coefficient (Wildman–Crippen LogP) is 2.53. The molecule has 2 aliphatic carbocycles. The van der Waals surface area contributed by atoms with Crippen LogP contribution < -0.4 is 0 Å². The van der Waals surface area contributed by atoms with Crippen molar-refractivity contribution in [3.05, 3.63) is 0 Å². The Morgan fingerprint density at radius 1 is 1.21 bits per heavy atom. The van der Waals surface area contributed by atoms with Crippen molar-refractivity contribution in [2.24, 2.45) is 17.3 Å². The largest absolute Gasteiger partial charge is 0.465 e. The van der Waals surface area contributed by atoms with Crippen LogP contribution in [0.25, 0.3) is 0 Å². The molecule has 2 fully saturated rings. The highest BCUT2D eigenvalue weighted by Crippen LogP contribution is 2.68. The normalized spacial score (nSPS) is 32.6. The van der Waals surface area contributed by atoms with Crippen molar-refractivity contribution in [2.45, 2.75) is 44.9 Å². The maximum absolute atomic E-state index is 12.2. The first-order valence-corrected chi connectivity index (χ1v) is 7.50. The lowest BCUT2D eigenvalue weighted by Crippen LogP contribution is -2.38. The third-order valence-corrected chi connectivity index (χ3v) is 5.12. The van der Waals surface area contributed by atoms with Crippen molar-refractivity contribution < 1.29 is 19.1 Å². The maximum atomic E-state index is 12.2. The van der Waals surface area contributed by atoms with Crippen molar-refractivity contribution in [3.8, 4) is 0 Å². The van der Waals surface area contributed by atoms with E-state index < -0.39 is 23.3 Å². The van der Waals surface area contributed by atoms with Crippen LogP contribution >= 0.6 is 11.6 Å². The van der Waals surface area contributed by atoms with Crippen molar-refractivity contribution in [1.82, 2.24) is 0 Å². The van der Waals surface area contributed by atoms with E-state index in [4.69, 9.17) is 21.1 Å². The van der Waals surface area contributed by atoms with Crippen molar-refractivity contribution in [3.63, 3.8) is 0 Å². The molecule has 0 aromatic heterocycles. The zero-order chi connectivity index (χ0) is 14.0. The molecule has 4 nitrogen and oxygen atoms in total. The molecule has 0 amide bonds. The molecule has 0 heterocycles. The Labute approximate surface area is 118 Å². The molecule has 0 aliphatic heterocycles. The molecule has 19 heavy (non-hydrogen) atoms. The van der Waals surface area contributed by atoms with Gasteiger partial charge in [0.2, 0.25) is 0 Å². The van der Waals surface area contributed by atoms with Gasteiger partial charge < -0.3 is 9.47 Å². The summed E-state index contributed by atoms with van der Waals surface area (Å²) in [5.74, 6) is -1.55. The molecule has 3 unspecified atom stereocenters. The van der Waals surface area contributed by atoms with Gasteiger partial charge >= 0.3 is 11.9 Å². The van der Waals surface area contributed by atoms with Crippen molar-refractivity contribution >= 4 is 23.5 Å². The minimum atomic E-state index is -0.847. The van der Waals surface area contributed by atoms with Gasteiger partial charge in [-0.15, -0.1) is 11.6 Å². The number of fused-ring (bicyclic) bond motifs is 1. The van der Waals surface area contributed by atoms with Gasteiger partial charge in [0, 0.05) is 10.8 Å². The molecule has 3 atom stereocenters. The summed E-state index contributed by atoms with van der Waals surface area (Å²) in [6, 6.07) is 0. The molecule has 0 radical (unpaired) electrons. The quantitative estimate of drug-likeness (QED) is 0.443. The van der Waals surface area contributed by atoms with Crippen LogP contribution in [0.4, 0.5) is 0 Å². The van der Waals surface area contributed by atoms with E-state index in [0.717, 1.165) is 25.7 Å². The van der Waals surface area contributed by atoms with Crippen LogP contribution in [0.3, 0.4) is 0 Å². The SMILES string of the molecule is CCOC(=O)C(C(=O)OCC)C12CCCCC1C2Cl. The van der Waals surface area contributed by atoms with Crippen molar-refractivity contribution in [2.75, 3.05) is 13.2 Å². The summed E-state index contributed by atoms with van der Waals surface area (Å²) in [6.07, 6.45) is 3.93. The molecule has 0 spiro atoms. The van der Waals surface area contributed by atoms with Crippen LogP contribution in [0.2, 0.25) is 0 Å². The highest BCUT2D eigenvalue weighted by molar-refractivity contribution is 6.24. The van der Waals surface area contributed by atoms with Gasteiger partial charge in [-0.05, 0) is 32.6 Å². The molecule has 0 aromatic carbocycles. The Bertz CT molecular complexity index is 352. The number of esters is 2. The van der Waals surface area contributed by atoms with Gasteiger partial charge in [0.15, 0.2) is 5.92 Å². The van der Waals surface area contributed by atoms with E-state index in [-0.39, 0.29) is 24.5 Å². The Hall–Kier alpha value is -0.770. The van der Waals surface area contributed by atoms with E-state index in [2.05, 4.69) is 0 Å². The number of ether oxygens (including phenoxy) is 2. The van der Waals surface area contributed by atoms with Gasteiger partial charge in [-0.25, -0.2) is 0 Å². The highest BCUT2D eigenvalue weighted by Gasteiger charge is 2.71. The van der Waals surface area contributed by atoms with Crippen LogP contribution in [0.5, 0.6) is 0 Å². The second-order valence-electron chi connectivity index (χ2n) is 5.30. The molecule has 108 valence electrons. The molecule has 0 N–H and O–H groups in total. The Morgan fingerprint density at radius 2 is 1.79 bits per heavy atom. The molecule has 2 saturated carbocycles. The molecule has 0 aromatic rings. The minimum absolute atomic E-state index is 0.103. The average molecular weight is 289 g/mol. The number of rotatable bonds is 5. The zero-order valence-corrected chi connectivity index (χ0v) is 12.2. The summed E-state index contributed by atoms with van der Waals surface area (Å²) >= 11 is 6.38. The molecule has 0 saturated heterocycles. The van der Waals surface area contributed by atoms with Crippen LogP contribution in [-0.2, 0) is 19.1 Å². The van der Waals surface area contributed by atoms with E-state index in [1.807, 2.05) is 0 Å². The summed E-state index contributed by atoms with van der Waals surface area (Å²) < 4.78 is 10.1. The second-order valence-corrected chi connectivity index (χ2v) is 5.77. The maximum Gasteiger partial charge on any atom is 0.320 e. The average Bonchev–Trinajstić information content (AvgIpc) is 2.97. The molecular formula is C14H21ClO4. The van der Waals surface area contributed by atoms with Crippen LogP contribution in [-0.4, -0.2) is 30.5 Å². The van der Waals surface area contributed by atoms with Gasteiger partial charge in [-0.1, -0.05) is 12.8 Å². The van der Waals surface area contributed by atoms with Gasteiger partial charge in [0.1, 0.15) is 0 Å². The smallest absolute Gasteiger partial charge is 0.320 e. The standard InChI is InChI=1S/C14H21ClO4/c1-3-18-12(16)10(13(17)19-4-2)14-8-6-5-7-9(14)11(14)15/h9-11H,3-8H2,1-2H3. The van der Waals surface area contributed by atoms with Gasteiger partial charge in [-0.2, -0.15) is 0 Å². The summed E-state index contributed by atoms with van der Waals surface area (Å²) in [5, 5.41) is -0.103. The first-order chi connectivity index (χ1) is 9.09. The fourth-order valence-electron chi connectivity index (χ4n) is 3.53. The van der Waals surface area contributed by atoms with E-state index in [1.165, 1.54) is 0 Å². The Kier molecular flexibility index (Phi) is 4.39. The second kappa shape index (κ2) is 5.70. The number of carbonyl (C=O) groups excluding carboxylic acids is 2. The number of halogens is 1. The lowest BCUT2D eigenvalue weighted by Gasteiger charge is -2.27. The predicted molar refractivity (Wildman–Crippen MR) is 70.8 cm³/mol. The summed E-state index contributed by atoms with van der Waals surface area (Å²) in [5.41, 5.74) is -0.418.